The largest absolute Gasteiger partial charge is 0.462 e. The molecule has 0 spiro atoms. The van der Waals surface area contributed by atoms with Gasteiger partial charge in [-0.3, -0.25) is 0 Å². The summed E-state index contributed by atoms with van der Waals surface area (Å²) in [6, 6.07) is 1.70. The highest BCUT2D eigenvalue weighted by Gasteiger charge is 2.18. The first-order chi connectivity index (χ1) is 8.24. The molecule has 0 aliphatic rings. The van der Waals surface area contributed by atoms with Crippen LogP contribution in [0.25, 0.3) is 5.95 Å². The number of carbonyl (C=O) groups is 1. The molecule has 2 aromatic rings. The van der Waals surface area contributed by atoms with Crippen LogP contribution in [0.3, 0.4) is 0 Å². The number of hydrogen-bond acceptors (Lipinski definition) is 5. The number of nitrogens with zero attached hydrogens (tertiary/aromatic N) is 4. The van der Waals surface area contributed by atoms with Crippen molar-refractivity contribution in [2.24, 2.45) is 0 Å². The normalized spacial score (nSPS) is 10.2. The second-order valence-corrected chi connectivity index (χ2v) is 3.78. The maximum Gasteiger partial charge on any atom is 0.342 e. The third-order valence-corrected chi connectivity index (χ3v) is 2.71. The van der Waals surface area contributed by atoms with Gasteiger partial charge < -0.3 is 4.74 Å². The molecule has 0 radical (unpaired) electrons. The lowest BCUT2D eigenvalue weighted by molar-refractivity contribution is 0.0525. The van der Waals surface area contributed by atoms with Gasteiger partial charge in [-0.05, 0) is 28.9 Å². The van der Waals surface area contributed by atoms with Crippen LogP contribution in [0.4, 0.5) is 0 Å². The van der Waals surface area contributed by atoms with Crippen LogP contribution in [0.2, 0.25) is 0 Å². The maximum absolute atomic E-state index is 11.6. The van der Waals surface area contributed by atoms with E-state index >= 15 is 0 Å². The Hall–Kier alpha value is -1.76. The predicted octanol–water partition coefficient (Wildman–Crippen LogP) is 1.60. The third-order valence-electron chi connectivity index (χ3n) is 1.95. The molecule has 0 aromatic carbocycles. The van der Waals surface area contributed by atoms with Crippen molar-refractivity contribution in [3.63, 3.8) is 0 Å². The summed E-state index contributed by atoms with van der Waals surface area (Å²) in [7, 11) is 0. The molecule has 17 heavy (non-hydrogen) atoms. The van der Waals surface area contributed by atoms with E-state index in [0.717, 1.165) is 0 Å². The topological polar surface area (TPSA) is 69.9 Å². The summed E-state index contributed by atoms with van der Waals surface area (Å²) >= 11 is 3.28. The van der Waals surface area contributed by atoms with Gasteiger partial charge in [-0.25, -0.2) is 14.8 Å². The van der Waals surface area contributed by atoms with Crippen molar-refractivity contribution in [2.45, 2.75) is 6.92 Å². The number of esters is 1. The molecule has 88 valence electrons. The van der Waals surface area contributed by atoms with Gasteiger partial charge in [0.15, 0.2) is 0 Å². The number of aromatic nitrogens is 4. The molecule has 0 amide bonds. The van der Waals surface area contributed by atoms with Crippen LogP contribution < -0.4 is 0 Å². The SMILES string of the molecule is CCOC(=O)c1cnn(-c2ncccn2)c1Br. The summed E-state index contributed by atoms with van der Waals surface area (Å²) < 4.78 is 6.79. The summed E-state index contributed by atoms with van der Waals surface area (Å²) in [5.41, 5.74) is 0.347. The number of halogens is 1. The standard InChI is InChI=1S/C10H9BrN4O2/c1-2-17-9(16)7-6-14-15(8(7)11)10-12-4-3-5-13-10/h3-6H,2H2,1H3. The lowest BCUT2D eigenvalue weighted by Crippen LogP contribution is -2.06. The van der Waals surface area contributed by atoms with Crippen molar-refractivity contribution in [3.05, 3.63) is 34.8 Å². The van der Waals surface area contributed by atoms with Crippen molar-refractivity contribution < 1.29 is 9.53 Å². The molecule has 0 saturated heterocycles. The van der Waals surface area contributed by atoms with Gasteiger partial charge in [0.2, 0.25) is 0 Å². The van der Waals surface area contributed by atoms with E-state index in [1.807, 2.05) is 0 Å². The van der Waals surface area contributed by atoms with E-state index in [4.69, 9.17) is 4.74 Å². The van der Waals surface area contributed by atoms with Crippen LogP contribution in [0.15, 0.2) is 29.3 Å². The summed E-state index contributed by atoms with van der Waals surface area (Å²) in [5.74, 6) is -0.0449. The Morgan fingerprint density at radius 3 is 2.82 bits per heavy atom. The zero-order chi connectivity index (χ0) is 12.3. The minimum atomic E-state index is -0.429. The van der Waals surface area contributed by atoms with Crippen molar-refractivity contribution in [1.82, 2.24) is 19.7 Å². The zero-order valence-electron chi connectivity index (χ0n) is 9.00. The molecule has 0 aliphatic carbocycles. The molecule has 0 unspecified atom stereocenters. The average Bonchev–Trinajstić information content (AvgIpc) is 2.72. The van der Waals surface area contributed by atoms with E-state index in [1.165, 1.54) is 10.9 Å². The molecule has 0 aliphatic heterocycles. The summed E-state index contributed by atoms with van der Waals surface area (Å²) in [6.07, 6.45) is 4.61. The number of hydrogen-bond donors (Lipinski definition) is 0. The van der Waals surface area contributed by atoms with Crippen molar-refractivity contribution >= 4 is 21.9 Å². The minimum absolute atomic E-state index is 0.318. The predicted molar refractivity (Wildman–Crippen MR) is 62.8 cm³/mol. The van der Waals surface area contributed by atoms with Crippen LogP contribution >= 0.6 is 15.9 Å². The molecule has 0 bridgehead atoms. The van der Waals surface area contributed by atoms with Crippen molar-refractivity contribution in [1.29, 1.82) is 0 Å². The highest BCUT2D eigenvalue weighted by Crippen LogP contribution is 2.19. The zero-order valence-corrected chi connectivity index (χ0v) is 10.6. The lowest BCUT2D eigenvalue weighted by atomic mass is 10.4. The molecule has 0 N–H and O–H groups in total. The molecular weight excluding hydrogens is 288 g/mol. The van der Waals surface area contributed by atoms with Gasteiger partial charge in [-0.15, -0.1) is 0 Å². The van der Waals surface area contributed by atoms with E-state index in [1.54, 1.807) is 25.4 Å². The number of ether oxygens (including phenoxy) is 1. The summed E-state index contributed by atoms with van der Waals surface area (Å²) in [4.78, 5) is 19.6. The number of carbonyl (C=O) groups excluding carboxylic acids is 1. The minimum Gasteiger partial charge on any atom is -0.462 e. The lowest BCUT2D eigenvalue weighted by Gasteiger charge is -2.01. The van der Waals surface area contributed by atoms with Gasteiger partial charge in [-0.1, -0.05) is 0 Å². The quantitative estimate of drug-likeness (QED) is 0.805. The first-order valence-electron chi connectivity index (χ1n) is 4.92. The molecule has 2 rings (SSSR count). The molecule has 0 atom stereocenters. The smallest absolute Gasteiger partial charge is 0.342 e. The van der Waals surface area contributed by atoms with E-state index in [-0.39, 0.29) is 0 Å². The molecule has 2 heterocycles. The van der Waals surface area contributed by atoms with Gasteiger partial charge in [0.05, 0.1) is 12.8 Å². The van der Waals surface area contributed by atoms with Gasteiger partial charge >= 0.3 is 5.97 Å². The van der Waals surface area contributed by atoms with Crippen LogP contribution in [0.1, 0.15) is 17.3 Å². The Balaban J connectivity index is 2.37. The van der Waals surface area contributed by atoms with Gasteiger partial charge in [0.1, 0.15) is 10.2 Å². The van der Waals surface area contributed by atoms with Crippen LogP contribution in [-0.4, -0.2) is 32.3 Å². The Morgan fingerprint density at radius 1 is 1.47 bits per heavy atom. The maximum atomic E-state index is 11.6. The molecule has 0 saturated carbocycles. The van der Waals surface area contributed by atoms with Crippen molar-refractivity contribution in [3.8, 4) is 5.95 Å². The van der Waals surface area contributed by atoms with Gasteiger partial charge in [0.25, 0.3) is 5.95 Å². The van der Waals surface area contributed by atoms with Crippen molar-refractivity contribution in [2.75, 3.05) is 6.61 Å². The molecular formula is C10H9BrN4O2. The van der Waals surface area contributed by atoms with Crippen LogP contribution in [0.5, 0.6) is 0 Å². The Bertz CT molecular complexity index is 526. The highest BCUT2D eigenvalue weighted by atomic mass is 79.9. The highest BCUT2D eigenvalue weighted by molar-refractivity contribution is 9.10. The number of rotatable bonds is 3. The molecule has 2 aromatic heterocycles. The second-order valence-electron chi connectivity index (χ2n) is 3.03. The first kappa shape index (κ1) is 11.7. The fraction of sp³-hybridized carbons (Fsp3) is 0.200. The van der Waals surface area contributed by atoms with Crippen LogP contribution in [-0.2, 0) is 4.74 Å². The van der Waals surface area contributed by atoms with E-state index in [9.17, 15) is 4.79 Å². The fourth-order valence-electron chi connectivity index (χ4n) is 1.22. The van der Waals surface area contributed by atoms with Gasteiger partial charge in [0, 0.05) is 12.4 Å². The summed E-state index contributed by atoms with van der Waals surface area (Å²) in [6.45, 7) is 2.06. The summed E-state index contributed by atoms with van der Waals surface area (Å²) in [5, 5.41) is 4.03. The molecule has 7 heteroatoms. The monoisotopic (exact) mass is 296 g/mol. The molecule has 0 fully saturated rings. The van der Waals surface area contributed by atoms with E-state index < -0.39 is 5.97 Å². The second kappa shape index (κ2) is 5.05. The average molecular weight is 297 g/mol. The fourth-order valence-corrected chi connectivity index (χ4v) is 1.73. The van der Waals surface area contributed by atoms with Gasteiger partial charge in [-0.2, -0.15) is 9.78 Å². The first-order valence-corrected chi connectivity index (χ1v) is 5.71. The third kappa shape index (κ3) is 2.33. The Kier molecular flexibility index (Phi) is 3.48. The van der Waals surface area contributed by atoms with E-state index in [2.05, 4.69) is 31.0 Å². The molecule has 6 nitrogen and oxygen atoms in total. The van der Waals surface area contributed by atoms with Crippen LogP contribution in [0, 0.1) is 0 Å². The Labute approximate surface area is 106 Å². The Morgan fingerprint density at radius 2 is 2.18 bits per heavy atom. The van der Waals surface area contributed by atoms with E-state index in [0.29, 0.717) is 22.7 Å².